The van der Waals surface area contributed by atoms with Crippen LogP contribution in [0.25, 0.3) is 0 Å². The number of rotatable bonds is 1. The second-order valence-electron chi connectivity index (χ2n) is 6.83. The largest absolute Gasteiger partial charge is 0.0625 e. The first-order valence-corrected chi connectivity index (χ1v) is 7.10. The fourth-order valence-corrected chi connectivity index (χ4v) is 4.40. The van der Waals surface area contributed by atoms with Crippen molar-refractivity contribution in [3.05, 3.63) is 0 Å². The van der Waals surface area contributed by atoms with E-state index in [1.54, 1.807) is 0 Å². The van der Waals surface area contributed by atoms with E-state index in [-0.39, 0.29) is 0 Å². The zero-order chi connectivity index (χ0) is 10.9. The summed E-state index contributed by atoms with van der Waals surface area (Å²) in [5.74, 6) is 3.00. The standard InChI is InChI=1S/C15H28/c1-12-8-9-13(2)11-15(3,10-12)14-6-4-5-7-14/h12-14H,4-11H2,1-3H3. The molecule has 15 heavy (non-hydrogen) atoms. The third-order valence-corrected chi connectivity index (χ3v) is 5.12. The van der Waals surface area contributed by atoms with E-state index in [0.29, 0.717) is 5.41 Å². The summed E-state index contributed by atoms with van der Waals surface area (Å²) >= 11 is 0. The molecule has 2 unspecified atom stereocenters. The first kappa shape index (κ1) is 11.5. The Labute approximate surface area is 95.8 Å². The first-order chi connectivity index (χ1) is 7.10. The van der Waals surface area contributed by atoms with Crippen LogP contribution in [0.15, 0.2) is 0 Å². The minimum atomic E-state index is 0.686. The molecular formula is C15H28. The summed E-state index contributed by atoms with van der Waals surface area (Å²) in [7, 11) is 0. The summed E-state index contributed by atoms with van der Waals surface area (Å²) in [4.78, 5) is 0. The molecule has 0 aromatic carbocycles. The van der Waals surface area contributed by atoms with E-state index in [1.165, 1.54) is 51.4 Å². The molecule has 2 saturated carbocycles. The van der Waals surface area contributed by atoms with Crippen molar-refractivity contribution in [3.63, 3.8) is 0 Å². The SMILES string of the molecule is CC1CCC(C)CC(C)(C2CCCC2)C1. The van der Waals surface area contributed by atoms with E-state index < -0.39 is 0 Å². The summed E-state index contributed by atoms with van der Waals surface area (Å²) in [5.41, 5.74) is 0.686. The number of hydrogen-bond acceptors (Lipinski definition) is 0. The Balaban J connectivity index is 2.08. The van der Waals surface area contributed by atoms with Gasteiger partial charge in [-0.2, -0.15) is 0 Å². The van der Waals surface area contributed by atoms with E-state index in [1.807, 2.05) is 0 Å². The number of hydrogen-bond donors (Lipinski definition) is 0. The maximum Gasteiger partial charge on any atom is -0.0292 e. The monoisotopic (exact) mass is 208 g/mol. The molecule has 0 heterocycles. The molecule has 2 atom stereocenters. The highest BCUT2D eigenvalue weighted by atomic mass is 14.4. The molecule has 0 nitrogen and oxygen atoms in total. The van der Waals surface area contributed by atoms with Crippen molar-refractivity contribution in [3.8, 4) is 0 Å². The van der Waals surface area contributed by atoms with Crippen LogP contribution < -0.4 is 0 Å². The van der Waals surface area contributed by atoms with Crippen molar-refractivity contribution in [2.45, 2.75) is 72.1 Å². The molecule has 0 N–H and O–H groups in total. The Kier molecular flexibility index (Phi) is 3.42. The van der Waals surface area contributed by atoms with Crippen LogP contribution >= 0.6 is 0 Å². The van der Waals surface area contributed by atoms with Crippen molar-refractivity contribution < 1.29 is 0 Å². The lowest BCUT2D eigenvalue weighted by molar-refractivity contribution is 0.127. The summed E-state index contributed by atoms with van der Waals surface area (Å²) in [6.45, 7) is 7.55. The van der Waals surface area contributed by atoms with Gasteiger partial charge in [-0.05, 0) is 48.9 Å². The second kappa shape index (κ2) is 4.47. The van der Waals surface area contributed by atoms with Gasteiger partial charge in [-0.1, -0.05) is 46.5 Å². The van der Waals surface area contributed by atoms with Gasteiger partial charge in [0.25, 0.3) is 0 Å². The fourth-order valence-electron chi connectivity index (χ4n) is 4.40. The van der Waals surface area contributed by atoms with Crippen LogP contribution in [0.3, 0.4) is 0 Å². The maximum absolute atomic E-state index is 2.60. The van der Waals surface area contributed by atoms with Gasteiger partial charge in [0.2, 0.25) is 0 Å². The normalized spacial score (nSPS) is 44.2. The van der Waals surface area contributed by atoms with Gasteiger partial charge < -0.3 is 0 Å². The minimum absolute atomic E-state index is 0.686. The van der Waals surface area contributed by atoms with Crippen molar-refractivity contribution in [1.82, 2.24) is 0 Å². The van der Waals surface area contributed by atoms with E-state index in [9.17, 15) is 0 Å². The van der Waals surface area contributed by atoms with Gasteiger partial charge in [0.05, 0.1) is 0 Å². The van der Waals surface area contributed by atoms with E-state index >= 15 is 0 Å². The first-order valence-electron chi connectivity index (χ1n) is 7.10. The predicted molar refractivity (Wildman–Crippen MR) is 66.9 cm³/mol. The van der Waals surface area contributed by atoms with E-state index in [2.05, 4.69) is 20.8 Å². The molecule has 0 heteroatoms. The van der Waals surface area contributed by atoms with Crippen LogP contribution in [-0.2, 0) is 0 Å². The van der Waals surface area contributed by atoms with Crippen LogP contribution in [0.5, 0.6) is 0 Å². The van der Waals surface area contributed by atoms with Crippen molar-refractivity contribution >= 4 is 0 Å². The van der Waals surface area contributed by atoms with Crippen LogP contribution in [0.4, 0.5) is 0 Å². The molecule has 2 rings (SSSR count). The molecule has 0 aliphatic heterocycles. The van der Waals surface area contributed by atoms with Crippen molar-refractivity contribution in [2.75, 3.05) is 0 Å². The zero-order valence-electron chi connectivity index (χ0n) is 10.9. The van der Waals surface area contributed by atoms with Crippen LogP contribution in [0, 0.1) is 23.2 Å². The van der Waals surface area contributed by atoms with Crippen LogP contribution in [0.1, 0.15) is 72.1 Å². The van der Waals surface area contributed by atoms with Crippen LogP contribution in [0.2, 0.25) is 0 Å². The van der Waals surface area contributed by atoms with Gasteiger partial charge >= 0.3 is 0 Å². The molecule has 0 spiro atoms. The molecule has 88 valence electrons. The highest BCUT2D eigenvalue weighted by molar-refractivity contribution is 4.90. The highest BCUT2D eigenvalue weighted by Crippen LogP contribution is 2.50. The van der Waals surface area contributed by atoms with Crippen molar-refractivity contribution in [2.24, 2.45) is 23.2 Å². The molecule has 0 saturated heterocycles. The summed E-state index contributed by atoms with van der Waals surface area (Å²) in [6, 6.07) is 0. The van der Waals surface area contributed by atoms with Gasteiger partial charge in [0.15, 0.2) is 0 Å². The summed E-state index contributed by atoms with van der Waals surface area (Å²) in [6.07, 6.45) is 12.0. The molecule has 0 aromatic rings. The predicted octanol–water partition coefficient (Wildman–Crippen LogP) is 5.03. The Bertz CT molecular complexity index is 188. The van der Waals surface area contributed by atoms with E-state index in [4.69, 9.17) is 0 Å². The Hall–Kier alpha value is 0. The highest BCUT2D eigenvalue weighted by Gasteiger charge is 2.39. The smallest absolute Gasteiger partial charge is 0.0292 e. The van der Waals surface area contributed by atoms with Crippen molar-refractivity contribution in [1.29, 1.82) is 0 Å². The van der Waals surface area contributed by atoms with Gasteiger partial charge in [-0.3, -0.25) is 0 Å². The van der Waals surface area contributed by atoms with E-state index in [0.717, 1.165) is 17.8 Å². The quantitative estimate of drug-likeness (QED) is 0.530. The third kappa shape index (κ3) is 2.57. The minimum Gasteiger partial charge on any atom is -0.0625 e. The molecule has 2 aliphatic rings. The molecule has 0 bridgehead atoms. The Morgan fingerprint density at radius 2 is 1.27 bits per heavy atom. The topological polar surface area (TPSA) is 0 Å². The lowest BCUT2D eigenvalue weighted by Crippen LogP contribution is -2.28. The second-order valence-corrected chi connectivity index (χ2v) is 6.83. The molecular weight excluding hydrogens is 180 g/mol. The average molecular weight is 208 g/mol. The fraction of sp³-hybridized carbons (Fsp3) is 1.00. The third-order valence-electron chi connectivity index (χ3n) is 5.12. The molecule has 0 aromatic heterocycles. The molecule has 2 fully saturated rings. The van der Waals surface area contributed by atoms with Crippen LogP contribution in [-0.4, -0.2) is 0 Å². The molecule has 2 aliphatic carbocycles. The lowest BCUT2D eigenvalue weighted by Gasteiger charge is -2.37. The summed E-state index contributed by atoms with van der Waals surface area (Å²) < 4.78 is 0. The van der Waals surface area contributed by atoms with Gasteiger partial charge in [-0.15, -0.1) is 0 Å². The summed E-state index contributed by atoms with van der Waals surface area (Å²) in [5, 5.41) is 0. The van der Waals surface area contributed by atoms with Gasteiger partial charge in [-0.25, -0.2) is 0 Å². The Morgan fingerprint density at radius 3 is 1.73 bits per heavy atom. The zero-order valence-corrected chi connectivity index (χ0v) is 10.9. The molecule has 0 amide bonds. The maximum atomic E-state index is 2.60. The van der Waals surface area contributed by atoms with Gasteiger partial charge in [0.1, 0.15) is 0 Å². The average Bonchev–Trinajstić information content (AvgIpc) is 2.63. The molecule has 0 radical (unpaired) electrons. The lowest BCUT2D eigenvalue weighted by atomic mass is 9.68. The Morgan fingerprint density at radius 1 is 0.800 bits per heavy atom. The van der Waals surface area contributed by atoms with Gasteiger partial charge in [0, 0.05) is 0 Å².